The van der Waals surface area contributed by atoms with Crippen LogP contribution in [0.15, 0.2) is 42.5 Å². The van der Waals surface area contributed by atoms with E-state index in [0.717, 1.165) is 5.56 Å². The maximum Gasteiger partial charge on any atom is 0.314 e. The summed E-state index contributed by atoms with van der Waals surface area (Å²) in [6.45, 7) is 1.93. The predicted molar refractivity (Wildman–Crippen MR) is 104 cm³/mol. The van der Waals surface area contributed by atoms with E-state index in [0.29, 0.717) is 16.9 Å². The second-order valence-corrected chi connectivity index (χ2v) is 7.50. The van der Waals surface area contributed by atoms with Gasteiger partial charge in [-0.1, -0.05) is 23.8 Å². The van der Waals surface area contributed by atoms with E-state index >= 15 is 0 Å². The lowest BCUT2D eigenvalue weighted by atomic mass is 9.72. The zero-order valence-electron chi connectivity index (χ0n) is 16.4. The number of aliphatic hydroxyl groups is 1. The molecule has 2 aromatic rings. The fraction of sp³-hybridized carbons (Fsp3) is 0.364. The van der Waals surface area contributed by atoms with Crippen molar-refractivity contribution < 1.29 is 28.9 Å². The summed E-state index contributed by atoms with van der Waals surface area (Å²) >= 11 is 0. The standard InChI is InChI=1S/C22H24FNO5/c1-14-3-8-18(29-2)17(11-14)20(26)24-10-9-19(25)22(13-24,21(27)28)12-15-4-6-16(23)7-5-15/h3-8,11,19,25H,9-10,12-13H2,1-2H3,(H,27,28)/t19-,22-/m1/s1. The van der Waals surface area contributed by atoms with Gasteiger partial charge in [-0.25, -0.2) is 4.39 Å². The number of methoxy groups -OCH3 is 1. The van der Waals surface area contributed by atoms with Crippen molar-refractivity contribution in [2.24, 2.45) is 5.41 Å². The highest BCUT2D eigenvalue weighted by Gasteiger charge is 2.50. The Labute approximate surface area is 168 Å². The molecule has 1 aliphatic heterocycles. The zero-order valence-corrected chi connectivity index (χ0v) is 16.4. The Morgan fingerprint density at radius 3 is 2.55 bits per heavy atom. The van der Waals surface area contributed by atoms with Crippen LogP contribution in [0.25, 0.3) is 0 Å². The summed E-state index contributed by atoms with van der Waals surface area (Å²) in [6.07, 6.45) is -1.01. The SMILES string of the molecule is COc1ccc(C)cc1C(=O)N1CC[C@@H](O)[C@](Cc2ccc(F)cc2)(C(=O)O)C1. The van der Waals surface area contributed by atoms with E-state index in [-0.39, 0.29) is 31.8 Å². The minimum atomic E-state index is -1.58. The molecule has 1 saturated heterocycles. The molecule has 0 radical (unpaired) electrons. The minimum absolute atomic E-state index is 0.0154. The van der Waals surface area contributed by atoms with Crippen molar-refractivity contribution in [3.8, 4) is 5.75 Å². The van der Waals surface area contributed by atoms with Crippen LogP contribution < -0.4 is 4.74 Å². The zero-order chi connectivity index (χ0) is 21.2. The fourth-order valence-corrected chi connectivity index (χ4v) is 3.84. The van der Waals surface area contributed by atoms with Crippen LogP contribution in [-0.4, -0.2) is 53.3 Å². The number of amides is 1. The Kier molecular flexibility index (Phi) is 5.88. The molecule has 0 spiro atoms. The summed E-state index contributed by atoms with van der Waals surface area (Å²) < 4.78 is 18.5. The second kappa shape index (κ2) is 8.21. The van der Waals surface area contributed by atoms with Crippen molar-refractivity contribution in [3.63, 3.8) is 0 Å². The number of carbonyl (C=O) groups is 2. The molecule has 2 aromatic carbocycles. The molecule has 7 heteroatoms. The van der Waals surface area contributed by atoms with Gasteiger partial charge in [0.15, 0.2) is 0 Å². The number of hydrogen-bond donors (Lipinski definition) is 2. The van der Waals surface area contributed by atoms with Gasteiger partial charge in [0.2, 0.25) is 0 Å². The van der Waals surface area contributed by atoms with E-state index in [9.17, 15) is 24.2 Å². The van der Waals surface area contributed by atoms with Crippen LogP contribution in [0.5, 0.6) is 5.75 Å². The summed E-state index contributed by atoms with van der Waals surface area (Å²) in [5.74, 6) is -1.55. The summed E-state index contributed by atoms with van der Waals surface area (Å²) in [5.41, 5.74) is 0.227. The second-order valence-electron chi connectivity index (χ2n) is 7.50. The Bertz CT molecular complexity index is 914. The largest absolute Gasteiger partial charge is 0.496 e. The number of likely N-dealkylation sites (tertiary alicyclic amines) is 1. The van der Waals surface area contributed by atoms with Crippen LogP contribution in [0.1, 0.15) is 27.9 Å². The van der Waals surface area contributed by atoms with Gasteiger partial charge >= 0.3 is 5.97 Å². The summed E-state index contributed by atoms with van der Waals surface area (Å²) in [5, 5.41) is 20.6. The molecule has 29 heavy (non-hydrogen) atoms. The lowest BCUT2D eigenvalue weighted by molar-refractivity contribution is -0.161. The van der Waals surface area contributed by atoms with Crippen LogP contribution in [0.2, 0.25) is 0 Å². The van der Waals surface area contributed by atoms with Gasteiger partial charge in [0.25, 0.3) is 5.91 Å². The first-order valence-electron chi connectivity index (χ1n) is 9.36. The van der Waals surface area contributed by atoms with Crippen LogP contribution >= 0.6 is 0 Å². The number of hydrogen-bond acceptors (Lipinski definition) is 4. The van der Waals surface area contributed by atoms with Crippen molar-refractivity contribution in [2.75, 3.05) is 20.2 Å². The quantitative estimate of drug-likeness (QED) is 0.804. The number of rotatable bonds is 5. The number of aliphatic carboxylic acids is 1. The molecule has 6 nitrogen and oxygen atoms in total. The Hall–Kier alpha value is -2.93. The number of halogens is 1. The highest BCUT2D eigenvalue weighted by atomic mass is 19.1. The number of aliphatic hydroxyl groups excluding tert-OH is 1. The lowest BCUT2D eigenvalue weighted by Gasteiger charge is -2.43. The van der Waals surface area contributed by atoms with Crippen LogP contribution in [-0.2, 0) is 11.2 Å². The highest BCUT2D eigenvalue weighted by Crippen LogP contribution is 2.36. The topological polar surface area (TPSA) is 87.1 Å². The van der Waals surface area contributed by atoms with Crippen molar-refractivity contribution >= 4 is 11.9 Å². The smallest absolute Gasteiger partial charge is 0.314 e. The maximum atomic E-state index is 13.2. The summed E-state index contributed by atoms with van der Waals surface area (Å²) in [6, 6.07) is 10.7. The molecule has 3 rings (SSSR count). The number of carboxylic acid groups (broad SMARTS) is 1. The average molecular weight is 401 g/mol. The first-order valence-corrected chi connectivity index (χ1v) is 9.36. The lowest BCUT2D eigenvalue weighted by Crippen LogP contribution is -2.58. The van der Waals surface area contributed by atoms with Gasteiger partial charge in [-0.2, -0.15) is 0 Å². The van der Waals surface area contributed by atoms with Crippen molar-refractivity contribution in [1.29, 1.82) is 0 Å². The van der Waals surface area contributed by atoms with E-state index in [1.54, 1.807) is 12.1 Å². The van der Waals surface area contributed by atoms with Crippen molar-refractivity contribution in [3.05, 3.63) is 65.0 Å². The van der Waals surface area contributed by atoms with Crippen LogP contribution in [0, 0.1) is 18.2 Å². The monoisotopic (exact) mass is 401 g/mol. The first kappa shape index (κ1) is 20.8. The molecule has 1 amide bonds. The Balaban J connectivity index is 1.93. The Morgan fingerprint density at radius 2 is 1.93 bits per heavy atom. The fourth-order valence-electron chi connectivity index (χ4n) is 3.84. The van der Waals surface area contributed by atoms with E-state index in [1.165, 1.54) is 36.3 Å². The molecule has 0 saturated carbocycles. The van der Waals surface area contributed by atoms with Gasteiger partial charge in [-0.3, -0.25) is 9.59 Å². The molecular formula is C22H24FNO5. The van der Waals surface area contributed by atoms with E-state index in [2.05, 4.69) is 0 Å². The first-order chi connectivity index (χ1) is 13.8. The molecule has 0 unspecified atom stereocenters. The molecule has 0 bridgehead atoms. The van der Waals surface area contributed by atoms with Gasteiger partial charge in [0.05, 0.1) is 18.8 Å². The molecule has 1 aliphatic rings. The van der Waals surface area contributed by atoms with E-state index < -0.39 is 23.3 Å². The van der Waals surface area contributed by atoms with Gasteiger partial charge < -0.3 is 19.8 Å². The summed E-state index contributed by atoms with van der Waals surface area (Å²) in [7, 11) is 1.47. The van der Waals surface area contributed by atoms with E-state index in [4.69, 9.17) is 4.74 Å². The number of benzene rings is 2. The van der Waals surface area contributed by atoms with Crippen LogP contribution in [0.4, 0.5) is 4.39 Å². The summed E-state index contributed by atoms with van der Waals surface area (Å²) in [4.78, 5) is 26.9. The third kappa shape index (κ3) is 4.10. The normalized spacial score (nSPS) is 21.7. The molecule has 1 heterocycles. The van der Waals surface area contributed by atoms with Gasteiger partial charge in [0, 0.05) is 13.1 Å². The minimum Gasteiger partial charge on any atom is -0.496 e. The molecule has 154 valence electrons. The number of aryl methyl sites for hydroxylation is 1. The number of carbonyl (C=O) groups excluding carboxylic acids is 1. The van der Waals surface area contributed by atoms with Crippen molar-refractivity contribution in [1.82, 2.24) is 4.90 Å². The molecule has 0 aliphatic carbocycles. The highest BCUT2D eigenvalue weighted by molar-refractivity contribution is 5.97. The molecule has 2 atom stereocenters. The predicted octanol–water partition coefficient (Wildman–Crippen LogP) is 2.66. The van der Waals surface area contributed by atoms with Gasteiger partial charge in [-0.05, 0) is 49.6 Å². The third-order valence-electron chi connectivity index (χ3n) is 5.51. The van der Waals surface area contributed by atoms with E-state index in [1.807, 2.05) is 13.0 Å². The number of ether oxygens (including phenoxy) is 1. The van der Waals surface area contributed by atoms with Crippen molar-refractivity contribution in [2.45, 2.75) is 25.9 Å². The maximum absolute atomic E-state index is 13.2. The third-order valence-corrected chi connectivity index (χ3v) is 5.51. The number of nitrogens with zero attached hydrogens (tertiary/aromatic N) is 1. The molecule has 2 N–H and O–H groups in total. The molecular weight excluding hydrogens is 377 g/mol. The van der Waals surface area contributed by atoms with Crippen LogP contribution in [0.3, 0.4) is 0 Å². The average Bonchev–Trinajstić information content (AvgIpc) is 2.70. The Morgan fingerprint density at radius 1 is 1.24 bits per heavy atom. The number of carboxylic acids is 1. The van der Waals surface area contributed by atoms with Gasteiger partial charge in [-0.15, -0.1) is 0 Å². The van der Waals surface area contributed by atoms with Gasteiger partial charge in [0.1, 0.15) is 17.0 Å². The molecule has 1 fully saturated rings. The molecule has 0 aromatic heterocycles. The number of piperidine rings is 1.